The van der Waals surface area contributed by atoms with Gasteiger partial charge in [-0.15, -0.1) is 0 Å². The summed E-state index contributed by atoms with van der Waals surface area (Å²) in [5, 5.41) is 3.16. The van der Waals surface area contributed by atoms with Gasteiger partial charge in [-0.3, -0.25) is 0 Å². The summed E-state index contributed by atoms with van der Waals surface area (Å²) < 4.78 is 0. The minimum absolute atomic E-state index is 0.535. The Morgan fingerprint density at radius 2 is 1.78 bits per heavy atom. The van der Waals surface area contributed by atoms with E-state index in [1.165, 1.54) is 0 Å². The number of anilines is 2. The average Bonchev–Trinajstić information content (AvgIpc) is 2.40. The minimum atomic E-state index is 0.535. The van der Waals surface area contributed by atoms with Crippen molar-refractivity contribution < 1.29 is 0 Å². The molecule has 0 aromatic carbocycles. The standard InChI is InChI=1S/C14H26N4/c1-7-11(8-2)18(6)14-10(4)13(15-5)16-12(9-3)17-14/h11H,7-9H2,1-6H3,(H,15,16,17). The smallest absolute Gasteiger partial charge is 0.137 e. The van der Waals surface area contributed by atoms with Crippen LogP contribution in [0.15, 0.2) is 0 Å². The van der Waals surface area contributed by atoms with Crippen LogP contribution in [0.3, 0.4) is 0 Å². The van der Waals surface area contributed by atoms with Crippen LogP contribution >= 0.6 is 0 Å². The van der Waals surface area contributed by atoms with E-state index in [4.69, 9.17) is 4.98 Å². The molecule has 0 spiro atoms. The van der Waals surface area contributed by atoms with Crippen molar-refractivity contribution in [3.63, 3.8) is 0 Å². The number of nitrogens with one attached hydrogen (secondary N) is 1. The number of aromatic nitrogens is 2. The normalized spacial score (nSPS) is 10.8. The molecule has 0 fully saturated rings. The summed E-state index contributed by atoms with van der Waals surface area (Å²) in [6, 6.07) is 0.535. The molecular formula is C14H26N4. The molecule has 1 heterocycles. The molecule has 0 radical (unpaired) electrons. The van der Waals surface area contributed by atoms with E-state index in [0.29, 0.717) is 6.04 Å². The number of hydrogen-bond acceptors (Lipinski definition) is 4. The lowest BCUT2D eigenvalue weighted by Crippen LogP contribution is -2.32. The maximum atomic E-state index is 4.69. The van der Waals surface area contributed by atoms with E-state index in [-0.39, 0.29) is 0 Å². The average molecular weight is 250 g/mol. The highest BCUT2D eigenvalue weighted by molar-refractivity contribution is 5.58. The Balaban J connectivity index is 3.21. The second-order valence-corrected chi connectivity index (χ2v) is 4.62. The summed E-state index contributed by atoms with van der Waals surface area (Å²) in [5.41, 5.74) is 1.13. The summed E-state index contributed by atoms with van der Waals surface area (Å²) in [7, 11) is 4.04. The molecule has 1 N–H and O–H groups in total. The monoisotopic (exact) mass is 250 g/mol. The first kappa shape index (κ1) is 14.7. The van der Waals surface area contributed by atoms with Gasteiger partial charge in [-0.1, -0.05) is 20.8 Å². The fraction of sp³-hybridized carbons (Fsp3) is 0.714. The van der Waals surface area contributed by atoms with Gasteiger partial charge in [0.1, 0.15) is 17.5 Å². The van der Waals surface area contributed by atoms with Crippen LogP contribution in [0.5, 0.6) is 0 Å². The van der Waals surface area contributed by atoms with Crippen molar-refractivity contribution in [1.29, 1.82) is 0 Å². The SMILES string of the molecule is CCc1nc(NC)c(C)c(N(C)C(CC)CC)n1. The lowest BCUT2D eigenvalue weighted by molar-refractivity contribution is 0.584. The summed E-state index contributed by atoms with van der Waals surface area (Å²) in [6.45, 7) is 8.62. The van der Waals surface area contributed by atoms with E-state index < -0.39 is 0 Å². The molecule has 1 aromatic heterocycles. The third kappa shape index (κ3) is 2.92. The van der Waals surface area contributed by atoms with Crippen LogP contribution in [-0.4, -0.2) is 30.1 Å². The van der Waals surface area contributed by atoms with Gasteiger partial charge in [0.25, 0.3) is 0 Å². The Bertz CT molecular complexity index is 386. The quantitative estimate of drug-likeness (QED) is 0.842. The first-order chi connectivity index (χ1) is 8.58. The predicted octanol–water partition coefficient (Wildman–Crippen LogP) is 3.01. The van der Waals surface area contributed by atoms with E-state index in [1.807, 2.05) is 7.05 Å². The Morgan fingerprint density at radius 1 is 1.17 bits per heavy atom. The molecule has 0 aliphatic carbocycles. The van der Waals surface area contributed by atoms with E-state index >= 15 is 0 Å². The van der Waals surface area contributed by atoms with Gasteiger partial charge in [-0.05, 0) is 19.8 Å². The molecule has 0 saturated heterocycles. The highest BCUT2D eigenvalue weighted by Crippen LogP contribution is 2.25. The summed E-state index contributed by atoms with van der Waals surface area (Å²) in [6.07, 6.45) is 3.12. The lowest BCUT2D eigenvalue weighted by Gasteiger charge is -2.29. The molecule has 0 unspecified atom stereocenters. The largest absolute Gasteiger partial charge is 0.373 e. The van der Waals surface area contributed by atoms with E-state index in [2.05, 4.69) is 49.9 Å². The first-order valence-electron chi connectivity index (χ1n) is 6.86. The predicted molar refractivity (Wildman–Crippen MR) is 78.5 cm³/mol. The van der Waals surface area contributed by atoms with Gasteiger partial charge >= 0.3 is 0 Å². The van der Waals surface area contributed by atoms with Gasteiger partial charge in [0.05, 0.1) is 0 Å². The Morgan fingerprint density at radius 3 is 2.22 bits per heavy atom. The zero-order valence-electron chi connectivity index (χ0n) is 12.5. The molecule has 102 valence electrons. The Kier molecular flexibility index (Phi) is 5.38. The van der Waals surface area contributed by atoms with Crippen molar-refractivity contribution >= 4 is 11.6 Å². The topological polar surface area (TPSA) is 41.1 Å². The van der Waals surface area contributed by atoms with Crippen molar-refractivity contribution in [2.75, 3.05) is 24.3 Å². The molecule has 0 aliphatic heterocycles. The van der Waals surface area contributed by atoms with E-state index in [0.717, 1.165) is 42.3 Å². The van der Waals surface area contributed by atoms with Crippen LogP contribution in [0.1, 0.15) is 45.0 Å². The molecule has 0 saturated carbocycles. The maximum Gasteiger partial charge on any atom is 0.137 e. The van der Waals surface area contributed by atoms with Gasteiger partial charge in [0.2, 0.25) is 0 Å². The fourth-order valence-electron chi connectivity index (χ4n) is 2.30. The van der Waals surface area contributed by atoms with Crippen molar-refractivity contribution in [3.05, 3.63) is 11.4 Å². The lowest BCUT2D eigenvalue weighted by atomic mass is 10.1. The number of hydrogen-bond donors (Lipinski definition) is 1. The molecular weight excluding hydrogens is 224 g/mol. The minimum Gasteiger partial charge on any atom is -0.373 e. The van der Waals surface area contributed by atoms with Gasteiger partial charge < -0.3 is 10.2 Å². The zero-order valence-corrected chi connectivity index (χ0v) is 12.5. The summed E-state index contributed by atoms with van der Waals surface area (Å²) in [4.78, 5) is 11.5. The van der Waals surface area contributed by atoms with Crippen LogP contribution in [0.25, 0.3) is 0 Å². The molecule has 0 bridgehead atoms. The summed E-state index contributed by atoms with van der Waals surface area (Å²) in [5.74, 6) is 2.90. The summed E-state index contributed by atoms with van der Waals surface area (Å²) >= 11 is 0. The first-order valence-corrected chi connectivity index (χ1v) is 6.86. The van der Waals surface area contributed by atoms with Crippen LogP contribution < -0.4 is 10.2 Å². The molecule has 4 nitrogen and oxygen atoms in total. The maximum absolute atomic E-state index is 4.69. The third-order valence-corrected chi connectivity index (χ3v) is 3.54. The Hall–Kier alpha value is -1.32. The Labute approximate surface area is 111 Å². The second kappa shape index (κ2) is 6.57. The van der Waals surface area contributed by atoms with Crippen molar-refractivity contribution in [1.82, 2.24) is 9.97 Å². The van der Waals surface area contributed by atoms with E-state index in [1.54, 1.807) is 0 Å². The van der Waals surface area contributed by atoms with Gasteiger partial charge in [-0.25, -0.2) is 9.97 Å². The molecule has 0 aliphatic rings. The molecule has 0 atom stereocenters. The van der Waals surface area contributed by atoms with Crippen LogP contribution in [0, 0.1) is 6.92 Å². The van der Waals surface area contributed by atoms with Gasteiger partial charge in [0, 0.05) is 32.1 Å². The molecule has 0 amide bonds. The molecule has 1 rings (SSSR count). The van der Waals surface area contributed by atoms with Crippen molar-refractivity contribution in [2.45, 2.75) is 53.0 Å². The second-order valence-electron chi connectivity index (χ2n) is 4.62. The fourth-order valence-corrected chi connectivity index (χ4v) is 2.30. The molecule has 18 heavy (non-hydrogen) atoms. The van der Waals surface area contributed by atoms with Gasteiger partial charge in [-0.2, -0.15) is 0 Å². The third-order valence-electron chi connectivity index (χ3n) is 3.54. The number of rotatable bonds is 6. The van der Waals surface area contributed by atoms with Crippen molar-refractivity contribution in [2.24, 2.45) is 0 Å². The van der Waals surface area contributed by atoms with Crippen LogP contribution in [-0.2, 0) is 6.42 Å². The van der Waals surface area contributed by atoms with Crippen LogP contribution in [0.4, 0.5) is 11.6 Å². The number of nitrogens with zero attached hydrogens (tertiary/aromatic N) is 3. The highest BCUT2D eigenvalue weighted by Gasteiger charge is 2.17. The van der Waals surface area contributed by atoms with Crippen LogP contribution in [0.2, 0.25) is 0 Å². The highest BCUT2D eigenvalue weighted by atomic mass is 15.2. The van der Waals surface area contributed by atoms with E-state index in [9.17, 15) is 0 Å². The molecule has 4 heteroatoms. The van der Waals surface area contributed by atoms with Gasteiger partial charge in [0.15, 0.2) is 0 Å². The zero-order chi connectivity index (χ0) is 13.7. The molecule has 1 aromatic rings. The van der Waals surface area contributed by atoms with Crippen molar-refractivity contribution in [3.8, 4) is 0 Å². The number of aryl methyl sites for hydroxylation is 1.